The van der Waals surface area contributed by atoms with Gasteiger partial charge in [-0.15, -0.1) is 0 Å². The van der Waals surface area contributed by atoms with Crippen molar-refractivity contribution >= 4 is 22.7 Å². The average molecular weight is 413 g/mol. The van der Waals surface area contributed by atoms with Crippen LogP contribution in [-0.4, -0.2) is 26.3 Å². The first kappa shape index (κ1) is 19.8. The van der Waals surface area contributed by atoms with Crippen molar-refractivity contribution in [2.75, 3.05) is 5.32 Å². The van der Waals surface area contributed by atoms with Gasteiger partial charge in [0.05, 0.1) is 35.2 Å². The van der Waals surface area contributed by atoms with E-state index in [1.807, 2.05) is 25.4 Å². The fourth-order valence-electron chi connectivity index (χ4n) is 5.02. The monoisotopic (exact) mass is 412 g/mol. The Morgan fingerprint density at radius 1 is 1.16 bits per heavy atom. The number of aliphatic hydroxyl groups excluding tert-OH is 1. The van der Waals surface area contributed by atoms with Gasteiger partial charge in [0, 0.05) is 46.0 Å². The minimum atomic E-state index is -0.186. The molecule has 0 unspecified atom stereocenters. The lowest BCUT2D eigenvalue weighted by Crippen LogP contribution is -2.30. The Labute approximate surface area is 183 Å². The highest BCUT2D eigenvalue weighted by Crippen LogP contribution is 2.41. The van der Waals surface area contributed by atoms with E-state index in [9.17, 15) is 10.4 Å². The molecular weight excluding hydrogens is 384 g/mol. The highest BCUT2D eigenvalue weighted by atomic mass is 16.3. The van der Waals surface area contributed by atoms with E-state index in [-0.39, 0.29) is 11.6 Å². The molecule has 2 aliphatic rings. The van der Waals surface area contributed by atoms with Crippen molar-refractivity contribution in [3.63, 3.8) is 0 Å². The molecule has 1 aromatic carbocycles. The van der Waals surface area contributed by atoms with Crippen molar-refractivity contribution < 1.29 is 5.11 Å². The molecule has 5 heteroatoms. The molecule has 2 N–H and O–H groups in total. The Hall–Kier alpha value is -3.10. The van der Waals surface area contributed by atoms with Crippen molar-refractivity contribution in [2.45, 2.75) is 64.1 Å². The van der Waals surface area contributed by atoms with E-state index in [0.717, 1.165) is 64.5 Å². The number of aliphatic hydroxyl groups is 1. The summed E-state index contributed by atoms with van der Waals surface area (Å²) in [4.78, 5) is 4.53. The molecule has 3 heterocycles. The first-order valence-electron chi connectivity index (χ1n) is 11.1. The van der Waals surface area contributed by atoms with Crippen molar-refractivity contribution in [3.05, 3.63) is 53.5 Å². The molecule has 5 nitrogen and oxygen atoms in total. The third kappa shape index (κ3) is 3.41. The van der Waals surface area contributed by atoms with Crippen LogP contribution in [0.4, 0.5) is 5.69 Å². The molecule has 0 spiro atoms. The lowest BCUT2D eigenvalue weighted by Gasteiger charge is -2.29. The number of nitrogens with one attached hydrogen (secondary N) is 1. The fourth-order valence-corrected chi connectivity index (χ4v) is 5.02. The Morgan fingerprint density at radius 2 is 1.94 bits per heavy atom. The Balaban J connectivity index is 1.72. The number of fused-ring (bicyclic) bond motifs is 2. The van der Waals surface area contributed by atoms with Gasteiger partial charge in [0.25, 0.3) is 0 Å². The zero-order chi connectivity index (χ0) is 21.8. The molecule has 1 saturated carbocycles. The van der Waals surface area contributed by atoms with Crippen LogP contribution >= 0.6 is 0 Å². The van der Waals surface area contributed by atoms with Crippen molar-refractivity contribution in [1.29, 1.82) is 5.26 Å². The third-order valence-corrected chi connectivity index (χ3v) is 6.76. The van der Waals surface area contributed by atoms with Crippen LogP contribution in [0.15, 0.2) is 36.8 Å². The highest BCUT2D eigenvalue weighted by molar-refractivity contribution is 6.00. The van der Waals surface area contributed by atoms with Gasteiger partial charge in [0.15, 0.2) is 0 Å². The number of aryl methyl sites for hydroxylation is 1. The van der Waals surface area contributed by atoms with Crippen LogP contribution < -0.4 is 5.32 Å². The Kier molecular flexibility index (Phi) is 4.64. The Bertz CT molecular complexity index is 1240. The van der Waals surface area contributed by atoms with Crippen LogP contribution in [0.2, 0.25) is 0 Å². The summed E-state index contributed by atoms with van der Waals surface area (Å²) < 4.78 is 2.37. The lowest BCUT2D eigenvalue weighted by atomic mass is 9.92. The summed E-state index contributed by atoms with van der Waals surface area (Å²) in [6, 6.07) is 6.87. The van der Waals surface area contributed by atoms with Crippen LogP contribution in [0.1, 0.15) is 62.3 Å². The fraction of sp³-hybridized carbons (Fsp3) is 0.385. The number of pyridine rings is 1. The van der Waals surface area contributed by atoms with Gasteiger partial charge in [-0.2, -0.15) is 5.26 Å². The van der Waals surface area contributed by atoms with Crippen LogP contribution in [0.3, 0.4) is 0 Å². The van der Waals surface area contributed by atoms with Gasteiger partial charge in [-0.25, -0.2) is 0 Å². The maximum absolute atomic E-state index is 9.99. The van der Waals surface area contributed by atoms with Crippen LogP contribution in [0.5, 0.6) is 0 Å². The van der Waals surface area contributed by atoms with Crippen LogP contribution in [0.25, 0.3) is 28.1 Å². The van der Waals surface area contributed by atoms with E-state index in [0.29, 0.717) is 11.6 Å². The number of anilines is 1. The smallest absolute Gasteiger partial charge is 0.0994 e. The summed E-state index contributed by atoms with van der Waals surface area (Å²) in [5, 5.41) is 24.3. The highest BCUT2D eigenvalue weighted by Gasteiger charge is 2.26. The molecule has 5 rings (SSSR count). The van der Waals surface area contributed by atoms with Crippen molar-refractivity contribution in [2.24, 2.45) is 0 Å². The van der Waals surface area contributed by atoms with E-state index >= 15 is 0 Å². The molecule has 158 valence electrons. The number of nitrogens with zero attached hydrogens (tertiary/aromatic N) is 3. The summed E-state index contributed by atoms with van der Waals surface area (Å²) in [5.74, 6) is 0. The minimum Gasteiger partial charge on any atom is -0.393 e. The number of hydrogen-bond acceptors (Lipinski definition) is 4. The molecule has 0 amide bonds. The van der Waals surface area contributed by atoms with Gasteiger partial charge in [-0.3, -0.25) is 4.98 Å². The quantitative estimate of drug-likeness (QED) is 0.576. The number of benzene rings is 1. The molecule has 2 aromatic heterocycles. The van der Waals surface area contributed by atoms with Crippen molar-refractivity contribution in [1.82, 2.24) is 9.55 Å². The van der Waals surface area contributed by atoms with E-state index in [2.05, 4.69) is 59.2 Å². The number of hydrogen-bond donors (Lipinski definition) is 2. The second-order valence-corrected chi connectivity index (χ2v) is 9.54. The maximum atomic E-state index is 9.99. The number of rotatable bonds is 2. The summed E-state index contributed by atoms with van der Waals surface area (Å²) in [6.07, 6.45) is 13.8. The van der Waals surface area contributed by atoms with Gasteiger partial charge in [-0.05, 0) is 64.2 Å². The largest absolute Gasteiger partial charge is 0.393 e. The number of nitriles is 1. The number of aromatic nitrogens is 2. The molecule has 1 fully saturated rings. The SMILES string of the molecule is Cc1cc2c(cc1C#N)c(-c1cncc3c1C=CC(C)(C)N3)cn2[C@H]1CC[C@H](O)CC1. The molecule has 31 heavy (non-hydrogen) atoms. The zero-order valence-electron chi connectivity index (χ0n) is 18.3. The van der Waals surface area contributed by atoms with Crippen molar-refractivity contribution in [3.8, 4) is 17.2 Å². The molecule has 0 bridgehead atoms. The second kappa shape index (κ2) is 7.25. The summed E-state index contributed by atoms with van der Waals surface area (Å²) in [6.45, 7) is 6.29. The Morgan fingerprint density at radius 3 is 2.68 bits per heavy atom. The maximum Gasteiger partial charge on any atom is 0.0994 e. The minimum absolute atomic E-state index is 0.116. The van der Waals surface area contributed by atoms with Gasteiger partial charge in [-0.1, -0.05) is 12.2 Å². The van der Waals surface area contributed by atoms with Gasteiger partial charge in [0.1, 0.15) is 0 Å². The first-order valence-corrected chi connectivity index (χ1v) is 11.1. The predicted molar refractivity (Wildman–Crippen MR) is 125 cm³/mol. The molecule has 3 aromatic rings. The standard InChI is InChI=1S/C26H28N4O/c1-16-10-25-21(11-17(16)12-27)23(15-30(25)18-4-6-19(31)7-5-18)22-13-28-14-24-20(22)8-9-26(2,3)29-24/h8-11,13-15,18-19,29,31H,4-7H2,1-3H3/t18-,19-. The van der Waals surface area contributed by atoms with E-state index in [1.165, 1.54) is 0 Å². The first-order chi connectivity index (χ1) is 14.9. The van der Waals surface area contributed by atoms with Gasteiger partial charge in [0.2, 0.25) is 0 Å². The lowest BCUT2D eigenvalue weighted by molar-refractivity contribution is 0.111. The topological polar surface area (TPSA) is 73.9 Å². The molecule has 1 aliphatic heterocycles. The molecular formula is C26H28N4O. The van der Waals surface area contributed by atoms with E-state index in [4.69, 9.17) is 0 Å². The second-order valence-electron chi connectivity index (χ2n) is 9.54. The molecule has 0 atom stereocenters. The third-order valence-electron chi connectivity index (χ3n) is 6.76. The molecule has 0 saturated heterocycles. The summed E-state index contributed by atoms with van der Waals surface area (Å²) in [7, 11) is 0. The van der Waals surface area contributed by atoms with Gasteiger partial charge < -0.3 is 15.0 Å². The van der Waals surface area contributed by atoms with E-state index in [1.54, 1.807) is 0 Å². The van der Waals surface area contributed by atoms with E-state index < -0.39 is 0 Å². The molecule has 0 radical (unpaired) electrons. The van der Waals surface area contributed by atoms with Crippen LogP contribution in [0, 0.1) is 18.3 Å². The molecule has 1 aliphatic carbocycles. The average Bonchev–Trinajstić information content (AvgIpc) is 3.10. The van der Waals surface area contributed by atoms with Crippen LogP contribution in [-0.2, 0) is 0 Å². The predicted octanol–water partition coefficient (Wildman–Crippen LogP) is 5.58. The zero-order valence-corrected chi connectivity index (χ0v) is 18.3. The normalized spacial score (nSPS) is 22.0. The summed E-state index contributed by atoms with van der Waals surface area (Å²) >= 11 is 0. The van der Waals surface area contributed by atoms with Gasteiger partial charge >= 0.3 is 0 Å². The summed E-state index contributed by atoms with van der Waals surface area (Å²) in [5.41, 5.74) is 7.07.